The smallest absolute Gasteiger partial charge is 0.255 e. The number of dihydropyridines is 1. The van der Waals surface area contributed by atoms with Gasteiger partial charge < -0.3 is 21.3 Å². The molecule has 8 heteroatoms. The molecular weight excluding hydrogens is 418 g/mol. The van der Waals surface area contributed by atoms with Gasteiger partial charge in [0.2, 0.25) is 12.3 Å². The topological polar surface area (TPSA) is 108 Å². The summed E-state index contributed by atoms with van der Waals surface area (Å²) in [5, 5.41) is 6.09. The lowest BCUT2D eigenvalue weighted by molar-refractivity contribution is -0.136. The first-order chi connectivity index (χ1) is 16.0. The van der Waals surface area contributed by atoms with E-state index in [1.54, 1.807) is 30.3 Å². The predicted molar refractivity (Wildman–Crippen MR) is 127 cm³/mol. The molecule has 0 atom stereocenters. The lowest BCUT2D eigenvalue weighted by Crippen LogP contribution is -2.39. The van der Waals surface area contributed by atoms with Crippen molar-refractivity contribution < 1.29 is 14.4 Å². The Hall–Kier alpha value is -4.07. The number of hydrogen-bond acceptors (Lipinski definition) is 6. The van der Waals surface area contributed by atoms with Crippen LogP contribution in [0.25, 0.3) is 0 Å². The SMILES string of the molecule is CN(Cc1ccc(C(=O)Nc2ccccc2N)cc1)C1=C(N(C=O)C(=O)C2CC2)C=CCN1. The number of nitrogens with zero attached hydrogens (tertiary/aromatic N) is 2. The number of rotatable bonds is 8. The van der Waals surface area contributed by atoms with Gasteiger partial charge >= 0.3 is 0 Å². The average Bonchev–Trinajstić information content (AvgIpc) is 3.67. The number of nitrogens with two attached hydrogens (primary N) is 1. The maximum absolute atomic E-state index is 12.6. The molecule has 4 rings (SSSR count). The van der Waals surface area contributed by atoms with Gasteiger partial charge in [0.15, 0.2) is 0 Å². The molecule has 1 heterocycles. The number of para-hydroxylation sites is 2. The van der Waals surface area contributed by atoms with Gasteiger partial charge in [0.05, 0.1) is 17.1 Å². The maximum Gasteiger partial charge on any atom is 0.255 e. The van der Waals surface area contributed by atoms with Crippen LogP contribution in [0.1, 0.15) is 28.8 Å². The van der Waals surface area contributed by atoms with Crippen LogP contribution in [-0.2, 0) is 16.1 Å². The Morgan fingerprint density at radius 1 is 1.15 bits per heavy atom. The Labute approximate surface area is 192 Å². The summed E-state index contributed by atoms with van der Waals surface area (Å²) in [4.78, 5) is 40.0. The van der Waals surface area contributed by atoms with E-state index in [-0.39, 0.29) is 17.7 Å². The van der Waals surface area contributed by atoms with Crippen molar-refractivity contribution in [1.82, 2.24) is 15.1 Å². The molecule has 8 nitrogen and oxygen atoms in total. The van der Waals surface area contributed by atoms with Gasteiger partial charge in [0, 0.05) is 31.6 Å². The summed E-state index contributed by atoms with van der Waals surface area (Å²) in [6.07, 6.45) is 5.94. The van der Waals surface area contributed by atoms with Crippen LogP contribution in [0.5, 0.6) is 0 Å². The van der Waals surface area contributed by atoms with Crippen LogP contribution in [0.4, 0.5) is 11.4 Å². The lowest BCUT2D eigenvalue weighted by atomic mass is 10.1. The van der Waals surface area contributed by atoms with E-state index in [0.29, 0.717) is 48.0 Å². The minimum Gasteiger partial charge on any atom is -0.397 e. The highest BCUT2D eigenvalue weighted by Crippen LogP contribution is 2.32. The van der Waals surface area contributed by atoms with Gasteiger partial charge in [-0.25, -0.2) is 4.90 Å². The minimum atomic E-state index is -0.239. The van der Waals surface area contributed by atoms with Crippen LogP contribution in [0.3, 0.4) is 0 Å². The number of imide groups is 1. The molecule has 1 saturated carbocycles. The van der Waals surface area contributed by atoms with Crippen LogP contribution < -0.4 is 16.4 Å². The summed E-state index contributed by atoms with van der Waals surface area (Å²) in [6, 6.07) is 14.4. The number of nitrogen functional groups attached to an aromatic ring is 1. The van der Waals surface area contributed by atoms with Gasteiger partial charge in [-0.3, -0.25) is 14.4 Å². The van der Waals surface area contributed by atoms with Crippen molar-refractivity contribution in [2.75, 3.05) is 24.6 Å². The van der Waals surface area contributed by atoms with Crippen LogP contribution >= 0.6 is 0 Å². The second kappa shape index (κ2) is 9.60. The largest absolute Gasteiger partial charge is 0.397 e. The molecule has 0 unspecified atom stereocenters. The third kappa shape index (κ3) is 5.06. The number of nitrogens with one attached hydrogen (secondary N) is 2. The highest BCUT2D eigenvalue weighted by atomic mass is 16.2. The van der Waals surface area contributed by atoms with Gasteiger partial charge in [0.1, 0.15) is 5.82 Å². The number of benzene rings is 2. The normalized spacial score (nSPS) is 14.9. The number of anilines is 2. The molecule has 4 N–H and O–H groups in total. The molecule has 0 aromatic heterocycles. The number of amides is 3. The molecule has 1 aliphatic carbocycles. The maximum atomic E-state index is 12.6. The van der Waals surface area contributed by atoms with Crippen molar-refractivity contribution in [3.8, 4) is 0 Å². The van der Waals surface area contributed by atoms with E-state index in [4.69, 9.17) is 5.73 Å². The fourth-order valence-electron chi connectivity index (χ4n) is 3.69. The summed E-state index contributed by atoms with van der Waals surface area (Å²) >= 11 is 0. The van der Waals surface area contributed by atoms with E-state index < -0.39 is 0 Å². The van der Waals surface area contributed by atoms with E-state index in [2.05, 4.69) is 10.6 Å². The van der Waals surface area contributed by atoms with Crippen molar-refractivity contribution in [3.05, 3.63) is 83.3 Å². The molecule has 0 bridgehead atoms. The molecule has 2 aromatic carbocycles. The first-order valence-corrected chi connectivity index (χ1v) is 10.9. The minimum absolute atomic E-state index is 0.0606. The molecule has 2 aliphatic rings. The average molecular weight is 446 g/mol. The first-order valence-electron chi connectivity index (χ1n) is 10.9. The van der Waals surface area contributed by atoms with E-state index in [1.165, 1.54) is 4.90 Å². The Bertz CT molecular complexity index is 1120. The zero-order chi connectivity index (χ0) is 23.4. The van der Waals surface area contributed by atoms with Gasteiger partial charge in [-0.05, 0) is 48.7 Å². The number of hydrogen-bond donors (Lipinski definition) is 3. The summed E-state index contributed by atoms with van der Waals surface area (Å²) in [5.41, 5.74) is 9.02. The summed E-state index contributed by atoms with van der Waals surface area (Å²) in [7, 11) is 1.89. The van der Waals surface area contributed by atoms with E-state index >= 15 is 0 Å². The standard InChI is InChI=1S/C25H27N5O3/c1-29(23-22(7-4-14-27-23)30(16-31)25(33)19-12-13-19)15-17-8-10-18(11-9-17)24(32)28-21-6-3-2-5-20(21)26/h2-11,16,19,27H,12-15,26H2,1H3,(H,28,32). The Balaban J connectivity index is 1.46. The zero-order valence-electron chi connectivity index (χ0n) is 18.5. The monoisotopic (exact) mass is 445 g/mol. The molecule has 33 heavy (non-hydrogen) atoms. The van der Waals surface area contributed by atoms with Crippen LogP contribution in [0.2, 0.25) is 0 Å². The third-order valence-corrected chi connectivity index (χ3v) is 5.66. The summed E-state index contributed by atoms with van der Waals surface area (Å²) in [5.74, 6) is 0.250. The Morgan fingerprint density at radius 2 is 1.88 bits per heavy atom. The zero-order valence-corrected chi connectivity index (χ0v) is 18.5. The third-order valence-electron chi connectivity index (χ3n) is 5.66. The molecule has 1 fully saturated rings. The Morgan fingerprint density at radius 3 is 2.55 bits per heavy atom. The highest BCUT2D eigenvalue weighted by Gasteiger charge is 2.35. The molecule has 0 saturated heterocycles. The molecule has 170 valence electrons. The molecule has 1 aliphatic heterocycles. The van der Waals surface area contributed by atoms with Crippen LogP contribution in [-0.4, -0.2) is 41.6 Å². The quantitative estimate of drug-likeness (QED) is 0.426. The lowest BCUT2D eigenvalue weighted by Gasteiger charge is -2.30. The van der Waals surface area contributed by atoms with Crippen molar-refractivity contribution >= 4 is 29.6 Å². The van der Waals surface area contributed by atoms with Gasteiger partial charge in [-0.15, -0.1) is 0 Å². The van der Waals surface area contributed by atoms with Gasteiger partial charge in [0.25, 0.3) is 5.91 Å². The number of carbonyl (C=O) groups is 3. The van der Waals surface area contributed by atoms with E-state index in [9.17, 15) is 14.4 Å². The molecule has 0 radical (unpaired) electrons. The number of carbonyl (C=O) groups excluding carboxylic acids is 3. The second-order valence-corrected chi connectivity index (χ2v) is 8.20. The molecule has 3 amide bonds. The summed E-state index contributed by atoms with van der Waals surface area (Å²) < 4.78 is 0. The predicted octanol–water partition coefficient (Wildman–Crippen LogP) is 2.68. The highest BCUT2D eigenvalue weighted by molar-refractivity contribution is 6.05. The van der Waals surface area contributed by atoms with Crippen LogP contribution in [0.15, 0.2) is 72.2 Å². The number of allylic oxidation sites excluding steroid dienone is 1. The second-order valence-electron chi connectivity index (χ2n) is 8.20. The van der Waals surface area contributed by atoms with Gasteiger partial charge in [-0.2, -0.15) is 0 Å². The molecule has 0 spiro atoms. The van der Waals surface area contributed by atoms with E-state index in [0.717, 1.165) is 18.4 Å². The van der Waals surface area contributed by atoms with Crippen molar-refractivity contribution in [1.29, 1.82) is 0 Å². The fourth-order valence-corrected chi connectivity index (χ4v) is 3.69. The fraction of sp³-hybridized carbons (Fsp3) is 0.240. The Kier molecular flexibility index (Phi) is 6.44. The molecule has 2 aromatic rings. The molecular formula is C25H27N5O3. The first kappa shape index (κ1) is 22.1. The van der Waals surface area contributed by atoms with E-state index in [1.807, 2.05) is 42.3 Å². The van der Waals surface area contributed by atoms with Crippen molar-refractivity contribution in [3.63, 3.8) is 0 Å². The van der Waals surface area contributed by atoms with Crippen molar-refractivity contribution in [2.45, 2.75) is 19.4 Å². The van der Waals surface area contributed by atoms with Gasteiger partial charge in [-0.1, -0.05) is 30.3 Å². The van der Waals surface area contributed by atoms with Crippen molar-refractivity contribution in [2.24, 2.45) is 5.92 Å². The summed E-state index contributed by atoms with van der Waals surface area (Å²) in [6.45, 7) is 1.13. The van der Waals surface area contributed by atoms with Crippen LogP contribution in [0, 0.1) is 5.92 Å².